The molecule has 1 N–H and O–H groups in total. The second-order valence-electron chi connectivity index (χ2n) is 5.62. The lowest BCUT2D eigenvalue weighted by molar-refractivity contribution is 0.0904. The molecule has 0 spiro atoms. The van der Waals surface area contributed by atoms with Crippen LogP contribution >= 0.6 is 0 Å². The highest BCUT2D eigenvalue weighted by atomic mass is 19.2. The van der Waals surface area contributed by atoms with Crippen molar-refractivity contribution in [1.29, 1.82) is 0 Å². The predicted molar refractivity (Wildman–Crippen MR) is 71.4 cm³/mol. The third-order valence-corrected chi connectivity index (χ3v) is 4.12. The van der Waals surface area contributed by atoms with Crippen molar-refractivity contribution < 1.29 is 13.6 Å². The summed E-state index contributed by atoms with van der Waals surface area (Å²) in [6.45, 7) is 1.95. The Morgan fingerprint density at radius 3 is 2.50 bits per heavy atom. The van der Waals surface area contributed by atoms with E-state index in [4.69, 9.17) is 0 Å². The second-order valence-corrected chi connectivity index (χ2v) is 5.62. The molecule has 1 aliphatic heterocycles. The van der Waals surface area contributed by atoms with E-state index in [1.807, 2.05) is 0 Å². The molecule has 3 nitrogen and oxygen atoms in total. The van der Waals surface area contributed by atoms with Crippen molar-refractivity contribution >= 4 is 5.91 Å². The Kier molecular flexibility index (Phi) is 3.70. The lowest BCUT2D eigenvalue weighted by Gasteiger charge is -2.32. The molecular formula is C15H18F2N2O. The smallest absolute Gasteiger partial charge is 0.254 e. The van der Waals surface area contributed by atoms with Gasteiger partial charge in [0, 0.05) is 25.2 Å². The fourth-order valence-corrected chi connectivity index (χ4v) is 2.79. The summed E-state index contributed by atoms with van der Waals surface area (Å²) in [5.41, 5.74) is -0.213. The molecule has 1 heterocycles. The summed E-state index contributed by atoms with van der Waals surface area (Å²) >= 11 is 0. The summed E-state index contributed by atoms with van der Waals surface area (Å²) < 4.78 is 26.6. The zero-order valence-corrected chi connectivity index (χ0v) is 11.2. The topological polar surface area (TPSA) is 32.3 Å². The molecular weight excluding hydrogens is 262 g/mol. The summed E-state index contributed by atoms with van der Waals surface area (Å²) in [5.74, 6) is -2.58. The number of halogens is 2. The SMILES string of the molecule is O=C(NC1CCN(C2CC2)CC1)c1cccc(F)c1F. The van der Waals surface area contributed by atoms with E-state index < -0.39 is 17.5 Å². The number of piperidine rings is 1. The number of hydrogen-bond donors (Lipinski definition) is 1. The molecule has 5 heteroatoms. The van der Waals surface area contributed by atoms with Gasteiger partial charge in [0.1, 0.15) is 0 Å². The molecule has 1 aromatic carbocycles. The van der Waals surface area contributed by atoms with Crippen LogP contribution in [0.25, 0.3) is 0 Å². The molecule has 0 radical (unpaired) electrons. The van der Waals surface area contributed by atoms with Crippen LogP contribution in [0.1, 0.15) is 36.0 Å². The van der Waals surface area contributed by atoms with E-state index in [2.05, 4.69) is 10.2 Å². The van der Waals surface area contributed by atoms with Crippen LogP contribution in [0.3, 0.4) is 0 Å². The number of rotatable bonds is 3. The molecule has 0 aromatic heterocycles. The zero-order chi connectivity index (χ0) is 14.1. The Hall–Kier alpha value is -1.49. The Morgan fingerprint density at radius 1 is 1.15 bits per heavy atom. The van der Waals surface area contributed by atoms with Gasteiger partial charge < -0.3 is 10.2 Å². The molecule has 1 saturated heterocycles. The van der Waals surface area contributed by atoms with Crippen molar-refractivity contribution in [1.82, 2.24) is 10.2 Å². The van der Waals surface area contributed by atoms with Crippen molar-refractivity contribution in [3.05, 3.63) is 35.4 Å². The molecule has 1 saturated carbocycles. The minimum Gasteiger partial charge on any atom is -0.349 e. The summed E-state index contributed by atoms with van der Waals surface area (Å²) in [6, 6.07) is 4.48. The van der Waals surface area contributed by atoms with Gasteiger partial charge in [0.05, 0.1) is 5.56 Å². The van der Waals surface area contributed by atoms with Crippen molar-refractivity contribution in [3.8, 4) is 0 Å². The van der Waals surface area contributed by atoms with Crippen LogP contribution in [0, 0.1) is 11.6 Å². The van der Waals surface area contributed by atoms with Gasteiger partial charge in [0.25, 0.3) is 5.91 Å². The van der Waals surface area contributed by atoms with E-state index in [9.17, 15) is 13.6 Å². The lowest BCUT2D eigenvalue weighted by Crippen LogP contribution is -2.45. The van der Waals surface area contributed by atoms with Gasteiger partial charge in [-0.2, -0.15) is 0 Å². The van der Waals surface area contributed by atoms with Gasteiger partial charge in [0.15, 0.2) is 11.6 Å². The number of nitrogens with zero attached hydrogens (tertiary/aromatic N) is 1. The number of nitrogens with one attached hydrogen (secondary N) is 1. The minimum atomic E-state index is -1.07. The molecule has 1 aromatic rings. The highest BCUT2D eigenvalue weighted by Gasteiger charge is 2.32. The lowest BCUT2D eigenvalue weighted by atomic mass is 10.0. The fraction of sp³-hybridized carbons (Fsp3) is 0.533. The first-order valence-electron chi connectivity index (χ1n) is 7.14. The van der Waals surface area contributed by atoms with Gasteiger partial charge in [0.2, 0.25) is 0 Å². The van der Waals surface area contributed by atoms with Gasteiger partial charge in [-0.1, -0.05) is 6.07 Å². The molecule has 3 rings (SSSR count). The Labute approximate surface area is 117 Å². The highest BCUT2D eigenvalue weighted by molar-refractivity contribution is 5.94. The van der Waals surface area contributed by atoms with E-state index in [1.54, 1.807) is 0 Å². The van der Waals surface area contributed by atoms with Crippen LogP contribution in [0.2, 0.25) is 0 Å². The number of amides is 1. The summed E-state index contributed by atoms with van der Waals surface area (Å²) in [6.07, 6.45) is 4.31. The van der Waals surface area contributed by atoms with Crippen molar-refractivity contribution in [2.24, 2.45) is 0 Å². The third-order valence-electron chi connectivity index (χ3n) is 4.12. The maximum absolute atomic E-state index is 13.5. The zero-order valence-electron chi connectivity index (χ0n) is 11.2. The number of carbonyl (C=O) groups is 1. The molecule has 108 valence electrons. The van der Waals surface area contributed by atoms with Crippen LogP contribution in [0.4, 0.5) is 8.78 Å². The largest absolute Gasteiger partial charge is 0.349 e. The van der Waals surface area contributed by atoms with Crippen LogP contribution in [-0.2, 0) is 0 Å². The average Bonchev–Trinajstić information content (AvgIpc) is 3.27. The van der Waals surface area contributed by atoms with Crippen LogP contribution in [0.15, 0.2) is 18.2 Å². The maximum Gasteiger partial charge on any atom is 0.254 e. The highest BCUT2D eigenvalue weighted by Crippen LogP contribution is 2.29. The molecule has 0 bridgehead atoms. The number of carbonyl (C=O) groups excluding carboxylic acids is 1. The molecule has 2 fully saturated rings. The monoisotopic (exact) mass is 280 g/mol. The van der Waals surface area contributed by atoms with Crippen molar-refractivity contribution in [2.75, 3.05) is 13.1 Å². The normalized spacial score (nSPS) is 20.9. The van der Waals surface area contributed by atoms with E-state index in [0.29, 0.717) is 0 Å². The van der Waals surface area contributed by atoms with Crippen LogP contribution in [0.5, 0.6) is 0 Å². The maximum atomic E-state index is 13.5. The van der Waals surface area contributed by atoms with Gasteiger partial charge in [-0.25, -0.2) is 8.78 Å². The first-order valence-corrected chi connectivity index (χ1v) is 7.14. The first-order chi connectivity index (χ1) is 9.65. The molecule has 1 amide bonds. The average molecular weight is 280 g/mol. The number of likely N-dealkylation sites (tertiary alicyclic amines) is 1. The van der Waals surface area contributed by atoms with Gasteiger partial charge >= 0.3 is 0 Å². The molecule has 0 unspecified atom stereocenters. The van der Waals surface area contributed by atoms with Crippen molar-refractivity contribution in [2.45, 2.75) is 37.8 Å². The molecule has 1 aliphatic carbocycles. The van der Waals surface area contributed by atoms with E-state index in [-0.39, 0.29) is 11.6 Å². The molecule has 0 atom stereocenters. The Bertz CT molecular complexity index is 509. The Morgan fingerprint density at radius 2 is 1.85 bits per heavy atom. The summed E-state index contributed by atoms with van der Waals surface area (Å²) in [4.78, 5) is 14.4. The van der Waals surface area contributed by atoms with Gasteiger partial charge in [-0.05, 0) is 37.8 Å². The second kappa shape index (κ2) is 5.48. The molecule has 20 heavy (non-hydrogen) atoms. The van der Waals surface area contributed by atoms with E-state index >= 15 is 0 Å². The molecule has 2 aliphatic rings. The van der Waals surface area contributed by atoms with Crippen LogP contribution < -0.4 is 5.32 Å². The van der Waals surface area contributed by atoms with Gasteiger partial charge in [-0.15, -0.1) is 0 Å². The Balaban J connectivity index is 1.57. The first kappa shape index (κ1) is 13.5. The third kappa shape index (κ3) is 2.82. The number of hydrogen-bond acceptors (Lipinski definition) is 2. The summed E-state index contributed by atoms with van der Waals surface area (Å²) in [7, 11) is 0. The van der Waals surface area contributed by atoms with E-state index in [0.717, 1.165) is 38.0 Å². The number of benzene rings is 1. The fourth-order valence-electron chi connectivity index (χ4n) is 2.79. The quantitative estimate of drug-likeness (QED) is 0.921. The summed E-state index contributed by atoms with van der Waals surface area (Å²) in [5, 5.41) is 2.81. The van der Waals surface area contributed by atoms with E-state index in [1.165, 1.54) is 25.0 Å². The van der Waals surface area contributed by atoms with Crippen LogP contribution in [-0.4, -0.2) is 36.0 Å². The van der Waals surface area contributed by atoms with Crippen molar-refractivity contribution in [3.63, 3.8) is 0 Å². The predicted octanol–water partition coefficient (Wildman–Crippen LogP) is 2.32. The van der Waals surface area contributed by atoms with Gasteiger partial charge in [-0.3, -0.25) is 4.79 Å². The standard InChI is InChI=1S/C15H18F2N2O/c16-13-3-1-2-12(14(13)17)15(20)18-10-6-8-19(9-7-10)11-4-5-11/h1-3,10-11H,4-9H2,(H,18,20). The minimum absolute atomic E-state index is 0.0557.